The lowest BCUT2D eigenvalue weighted by Gasteiger charge is -2.07. The van der Waals surface area contributed by atoms with Crippen LogP contribution in [0.15, 0.2) is 28.0 Å². The molecule has 8 nitrogen and oxygen atoms in total. The summed E-state index contributed by atoms with van der Waals surface area (Å²) in [7, 11) is 0. The van der Waals surface area contributed by atoms with Gasteiger partial charge in [0, 0.05) is 12.4 Å². The highest BCUT2D eigenvalue weighted by molar-refractivity contribution is 5.68. The average Bonchev–Trinajstić information content (AvgIpc) is 2.96. The Morgan fingerprint density at radius 3 is 2.83 bits per heavy atom. The van der Waals surface area contributed by atoms with Gasteiger partial charge in [0.2, 0.25) is 0 Å². The van der Waals surface area contributed by atoms with Crippen molar-refractivity contribution in [1.29, 1.82) is 0 Å². The first-order valence-electron chi connectivity index (χ1n) is 5.36. The van der Waals surface area contributed by atoms with Crippen LogP contribution in [0.25, 0.3) is 11.2 Å². The van der Waals surface area contributed by atoms with Crippen LogP contribution in [0.2, 0.25) is 0 Å². The molecule has 3 aromatic heterocycles. The lowest BCUT2D eigenvalue weighted by atomic mass is 10.3. The Bertz CT molecular complexity index is 794. The van der Waals surface area contributed by atoms with Gasteiger partial charge in [0.25, 0.3) is 5.56 Å². The number of nitrogens with zero attached hydrogens (tertiary/aromatic N) is 3. The van der Waals surface area contributed by atoms with E-state index < -0.39 is 11.2 Å². The summed E-state index contributed by atoms with van der Waals surface area (Å²) in [5, 5.41) is 4.10. The third-order valence-corrected chi connectivity index (χ3v) is 2.73. The van der Waals surface area contributed by atoms with E-state index in [2.05, 4.69) is 25.0 Å². The van der Waals surface area contributed by atoms with Crippen molar-refractivity contribution in [2.24, 2.45) is 0 Å². The van der Waals surface area contributed by atoms with Gasteiger partial charge < -0.3 is 4.98 Å². The summed E-state index contributed by atoms with van der Waals surface area (Å²) in [4.78, 5) is 34.4. The van der Waals surface area contributed by atoms with Crippen LogP contribution < -0.4 is 11.2 Å². The highest BCUT2D eigenvalue weighted by Gasteiger charge is 2.14. The zero-order valence-corrected chi connectivity index (χ0v) is 9.47. The van der Waals surface area contributed by atoms with Gasteiger partial charge in [-0.15, -0.1) is 0 Å². The Labute approximate surface area is 99.7 Å². The van der Waals surface area contributed by atoms with E-state index in [0.717, 1.165) is 0 Å². The molecule has 0 aliphatic heterocycles. The van der Waals surface area contributed by atoms with E-state index in [4.69, 9.17) is 0 Å². The molecule has 0 spiro atoms. The number of aromatic amines is 3. The molecule has 1 atom stereocenters. The molecule has 0 aliphatic rings. The molecule has 0 amide bonds. The summed E-state index contributed by atoms with van der Waals surface area (Å²) in [5.41, 5.74) is -0.557. The fraction of sp³-hybridized carbons (Fsp3) is 0.200. The van der Waals surface area contributed by atoms with Crippen molar-refractivity contribution in [3.05, 3.63) is 45.1 Å². The lowest BCUT2D eigenvalue weighted by molar-refractivity contribution is 0.542. The Morgan fingerprint density at radius 1 is 1.28 bits per heavy atom. The molecule has 0 saturated heterocycles. The maximum atomic E-state index is 11.6. The number of aromatic nitrogens is 6. The van der Waals surface area contributed by atoms with Gasteiger partial charge in [-0.25, -0.2) is 9.78 Å². The monoisotopic (exact) mass is 246 g/mol. The molecule has 0 aliphatic carbocycles. The molecule has 3 N–H and O–H groups in total. The predicted octanol–water partition coefficient (Wildman–Crippen LogP) is -0.255. The third-order valence-electron chi connectivity index (χ3n) is 2.73. The second kappa shape index (κ2) is 3.69. The van der Waals surface area contributed by atoms with Crippen molar-refractivity contribution in [3.63, 3.8) is 0 Å². The summed E-state index contributed by atoms with van der Waals surface area (Å²) < 4.78 is 1.70. The Balaban J connectivity index is 2.17. The van der Waals surface area contributed by atoms with Gasteiger partial charge in [-0.2, -0.15) is 5.10 Å². The minimum absolute atomic E-state index is 0.157. The first kappa shape index (κ1) is 10.5. The Kier molecular flexibility index (Phi) is 2.15. The number of nitrogens with one attached hydrogen (secondary N) is 3. The molecule has 3 heterocycles. The molecule has 0 fully saturated rings. The molecule has 18 heavy (non-hydrogen) atoms. The smallest absolute Gasteiger partial charge is 0.327 e. The highest BCUT2D eigenvalue weighted by atomic mass is 16.2. The van der Waals surface area contributed by atoms with Gasteiger partial charge in [-0.1, -0.05) is 0 Å². The Hall–Kier alpha value is -2.64. The molecule has 1 unspecified atom stereocenters. The van der Waals surface area contributed by atoms with Gasteiger partial charge in [-0.05, 0) is 13.0 Å². The average molecular weight is 246 g/mol. The zero-order valence-electron chi connectivity index (χ0n) is 9.47. The quantitative estimate of drug-likeness (QED) is 0.578. The SMILES string of the molecule is CC(c1nc2[nH]c(=O)[nH]c(=O)c2[nH]1)n1cccn1. The predicted molar refractivity (Wildman–Crippen MR) is 63.4 cm³/mol. The van der Waals surface area contributed by atoms with Crippen LogP contribution in [0.4, 0.5) is 0 Å². The van der Waals surface area contributed by atoms with Crippen molar-refractivity contribution in [2.75, 3.05) is 0 Å². The van der Waals surface area contributed by atoms with E-state index in [-0.39, 0.29) is 17.2 Å². The molecule has 0 bridgehead atoms. The van der Waals surface area contributed by atoms with Gasteiger partial charge in [-0.3, -0.25) is 19.4 Å². The summed E-state index contributed by atoms with van der Waals surface area (Å²) in [6.45, 7) is 1.89. The summed E-state index contributed by atoms with van der Waals surface area (Å²) in [6, 6.07) is 1.64. The maximum Gasteiger partial charge on any atom is 0.327 e. The Morgan fingerprint density at radius 2 is 2.11 bits per heavy atom. The van der Waals surface area contributed by atoms with Crippen LogP contribution in [0, 0.1) is 0 Å². The fourth-order valence-corrected chi connectivity index (χ4v) is 1.78. The van der Waals surface area contributed by atoms with E-state index in [1.165, 1.54) is 0 Å². The molecule has 3 aromatic rings. The number of hydrogen-bond acceptors (Lipinski definition) is 4. The van der Waals surface area contributed by atoms with Crippen LogP contribution in [-0.4, -0.2) is 29.7 Å². The summed E-state index contributed by atoms with van der Waals surface area (Å²) in [5.74, 6) is 0.557. The van der Waals surface area contributed by atoms with E-state index in [1.807, 2.05) is 6.92 Å². The highest BCUT2D eigenvalue weighted by Crippen LogP contribution is 2.14. The number of fused-ring (bicyclic) bond motifs is 1. The second-order valence-electron chi connectivity index (χ2n) is 3.92. The van der Waals surface area contributed by atoms with Crippen LogP contribution in [0.3, 0.4) is 0 Å². The maximum absolute atomic E-state index is 11.6. The molecule has 3 rings (SSSR count). The van der Waals surface area contributed by atoms with Crippen LogP contribution in [0.1, 0.15) is 18.8 Å². The van der Waals surface area contributed by atoms with Gasteiger partial charge in [0.05, 0.1) is 0 Å². The fourth-order valence-electron chi connectivity index (χ4n) is 1.78. The van der Waals surface area contributed by atoms with Crippen molar-refractivity contribution >= 4 is 11.2 Å². The van der Waals surface area contributed by atoms with Crippen LogP contribution >= 0.6 is 0 Å². The zero-order chi connectivity index (χ0) is 12.7. The van der Waals surface area contributed by atoms with Crippen molar-refractivity contribution in [1.82, 2.24) is 29.7 Å². The first-order chi connectivity index (χ1) is 8.65. The number of imidazole rings is 1. The number of rotatable bonds is 2. The van der Waals surface area contributed by atoms with Crippen LogP contribution in [0.5, 0.6) is 0 Å². The minimum Gasteiger partial charge on any atom is -0.334 e. The molecular weight excluding hydrogens is 236 g/mol. The molecular formula is C10H10N6O2. The van der Waals surface area contributed by atoms with E-state index in [0.29, 0.717) is 5.82 Å². The summed E-state index contributed by atoms with van der Waals surface area (Å²) in [6.07, 6.45) is 3.46. The third kappa shape index (κ3) is 1.54. The standard InChI is InChI=1S/C10H10N6O2/c1-5(16-4-2-3-11-16)7-12-6-8(13-7)14-10(18)15-9(6)17/h2-5H,1H3,(H3,12,13,14,15,17,18). The minimum atomic E-state index is -0.572. The van der Waals surface area contributed by atoms with E-state index in [1.54, 1.807) is 23.1 Å². The molecule has 0 aromatic carbocycles. The normalized spacial score (nSPS) is 12.9. The second-order valence-corrected chi connectivity index (χ2v) is 3.92. The van der Waals surface area contributed by atoms with Gasteiger partial charge in [0.15, 0.2) is 5.65 Å². The lowest BCUT2D eigenvalue weighted by Crippen LogP contribution is -2.21. The summed E-state index contributed by atoms with van der Waals surface area (Å²) >= 11 is 0. The number of hydrogen-bond donors (Lipinski definition) is 3. The van der Waals surface area contributed by atoms with Crippen molar-refractivity contribution < 1.29 is 0 Å². The first-order valence-corrected chi connectivity index (χ1v) is 5.36. The van der Waals surface area contributed by atoms with Crippen molar-refractivity contribution in [3.8, 4) is 0 Å². The number of H-pyrrole nitrogens is 3. The topological polar surface area (TPSA) is 112 Å². The molecule has 92 valence electrons. The molecule has 0 saturated carbocycles. The van der Waals surface area contributed by atoms with Crippen molar-refractivity contribution in [2.45, 2.75) is 13.0 Å². The van der Waals surface area contributed by atoms with E-state index in [9.17, 15) is 9.59 Å². The van der Waals surface area contributed by atoms with E-state index >= 15 is 0 Å². The van der Waals surface area contributed by atoms with Gasteiger partial charge >= 0.3 is 5.69 Å². The van der Waals surface area contributed by atoms with Crippen LogP contribution in [-0.2, 0) is 0 Å². The largest absolute Gasteiger partial charge is 0.334 e. The molecule has 8 heteroatoms. The van der Waals surface area contributed by atoms with Gasteiger partial charge in [0.1, 0.15) is 17.4 Å². The molecule has 0 radical (unpaired) electrons.